The van der Waals surface area contributed by atoms with Crippen molar-refractivity contribution in [3.05, 3.63) is 28.2 Å². The third kappa shape index (κ3) is 2.53. The summed E-state index contributed by atoms with van der Waals surface area (Å²) in [5.74, 6) is -3.27. The number of allylic oxidation sites excluding steroid dienone is 2. The van der Waals surface area contributed by atoms with Gasteiger partial charge >= 0.3 is 5.97 Å². The van der Waals surface area contributed by atoms with Crippen LogP contribution in [0.25, 0.3) is 0 Å². The van der Waals surface area contributed by atoms with E-state index < -0.39 is 23.7 Å². The maximum absolute atomic E-state index is 12.8. The molecular formula is C17H20N2O4S. The molecule has 24 heavy (non-hydrogen) atoms. The third-order valence-corrected chi connectivity index (χ3v) is 6.00. The van der Waals surface area contributed by atoms with Crippen molar-refractivity contribution in [1.82, 2.24) is 0 Å². The van der Waals surface area contributed by atoms with Gasteiger partial charge in [-0.3, -0.25) is 14.4 Å². The predicted octanol–water partition coefficient (Wildman–Crippen LogP) is 2.48. The molecule has 2 aliphatic carbocycles. The average molecular weight is 348 g/mol. The summed E-state index contributed by atoms with van der Waals surface area (Å²) in [5, 5.41) is 14.4. The van der Waals surface area contributed by atoms with Crippen LogP contribution in [0.15, 0.2) is 22.6 Å². The lowest BCUT2D eigenvalue weighted by molar-refractivity contribution is -0.148. The number of fused-ring (bicyclic) bond motifs is 2. The number of amides is 2. The van der Waals surface area contributed by atoms with Gasteiger partial charge in [-0.15, -0.1) is 11.3 Å². The Morgan fingerprint density at radius 1 is 1.21 bits per heavy atom. The molecule has 0 radical (unpaired) electrons. The first-order chi connectivity index (χ1) is 11.3. The maximum Gasteiger partial charge on any atom is 0.307 e. The van der Waals surface area contributed by atoms with E-state index in [4.69, 9.17) is 5.73 Å². The SMILES string of the molecule is CC(C)=C1[C@H]2CC[C@@H]1[C@@H](C(=O)Nc1sccc1C(N)=O)[C@H]2C(=O)O. The number of nitrogens with two attached hydrogens (primary N) is 1. The Labute approximate surface area is 143 Å². The van der Waals surface area contributed by atoms with E-state index in [0.29, 0.717) is 5.00 Å². The molecule has 1 aromatic rings. The summed E-state index contributed by atoms with van der Waals surface area (Å²) in [4.78, 5) is 36.0. The Balaban J connectivity index is 1.91. The first kappa shape index (κ1) is 16.7. The van der Waals surface area contributed by atoms with E-state index in [1.165, 1.54) is 11.3 Å². The van der Waals surface area contributed by atoms with Crippen LogP contribution >= 0.6 is 11.3 Å². The molecule has 4 atom stereocenters. The molecule has 2 fully saturated rings. The summed E-state index contributed by atoms with van der Waals surface area (Å²) in [5.41, 5.74) is 7.79. The van der Waals surface area contributed by atoms with Crippen molar-refractivity contribution in [2.45, 2.75) is 26.7 Å². The standard InChI is InChI=1S/C17H20N2O4S/c1-7(2)11-8-3-4-9(11)13(17(22)23)12(8)15(21)19-16-10(14(18)20)5-6-24-16/h5-6,8-9,12-13H,3-4H2,1-2H3,(H2,18,20)(H,19,21)(H,22,23)/t8-,9+,12+,13-/m0/s1. The number of hydrogen-bond acceptors (Lipinski definition) is 4. The van der Waals surface area contributed by atoms with Gasteiger partial charge in [-0.1, -0.05) is 11.1 Å². The number of aliphatic carboxylic acids is 1. The molecule has 0 aromatic carbocycles. The maximum atomic E-state index is 12.8. The van der Waals surface area contributed by atoms with Crippen molar-refractivity contribution in [2.24, 2.45) is 29.4 Å². The van der Waals surface area contributed by atoms with Gasteiger partial charge in [-0.05, 0) is 50.0 Å². The smallest absolute Gasteiger partial charge is 0.307 e. The van der Waals surface area contributed by atoms with E-state index in [0.717, 1.165) is 24.0 Å². The molecule has 2 amide bonds. The average Bonchev–Trinajstić information content (AvgIpc) is 3.18. The number of thiophene rings is 1. The Morgan fingerprint density at radius 2 is 1.83 bits per heavy atom. The number of carboxylic acid groups (broad SMARTS) is 1. The van der Waals surface area contributed by atoms with Gasteiger partial charge in [0.25, 0.3) is 5.91 Å². The van der Waals surface area contributed by atoms with Crippen LogP contribution in [-0.2, 0) is 9.59 Å². The summed E-state index contributed by atoms with van der Waals surface area (Å²) < 4.78 is 0. The van der Waals surface area contributed by atoms with Crippen LogP contribution < -0.4 is 11.1 Å². The molecular weight excluding hydrogens is 328 g/mol. The van der Waals surface area contributed by atoms with E-state index in [-0.39, 0.29) is 23.3 Å². The lowest BCUT2D eigenvalue weighted by Gasteiger charge is -2.26. The summed E-state index contributed by atoms with van der Waals surface area (Å²) in [6.45, 7) is 3.95. The van der Waals surface area contributed by atoms with Gasteiger partial charge in [0.15, 0.2) is 0 Å². The largest absolute Gasteiger partial charge is 0.481 e. The highest BCUT2D eigenvalue weighted by Gasteiger charge is 2.57. The molecule has 0 spiro atoms. The Morgan fingerprint density at radius 3 is 2.38 bits per heavy atom. The zero-order valence-corrected chi connectivity index (χ0v) is 14.4. The molecule has 4 N–H and O–H groups in total. The van der Waals surface area contributed by atoms with Crippen molar-refractivity contribution < 1.29 is 19.5 Å². The number of carbonyl (C=O) groups is 3. The highest BCUT2D eigenvalue weighted by Crippen LogP contribution is 2.57. The third-order valence-electron chi connectivity index (χ3n) is 5.17. The van der Waals surface area contributed by atoms with E-state index >= 15 is 0 Å². The lowest BCUT2D eigenvalue weighted by Crippen LogP contribution is -2.38. The van der Waals surface area contributed by atoms with Gasteiger partial charge in [-0.2, -0.15) is 0 Å². The molecule has 7 heteroatoms. The lowest BCUT2D eigenvalue weighted by atomic mass is 9.79. The van der Waals surface area contributed by atoms with Gasteiger partial charge in [0.05, 0.1) is 17.4 Å². The number of anilines is 1. The summed E-state index contributed by atoms with van der Waals surface area (Å²) >= 11 is 1.21. The zero-order valence-electron chi connectivity index (χ0n) is 13.5. The van der Waals surface area contributed by atoms with E-state index in [2.05, 4.69) is 5.32 Å². The number of hydrogen-bond donors (Lipinski definition) is 3. The van der Waals surface area contributed by atoms with Crippen molar-refractivity contribution >= 4 is 34.1 Å². The van der Waals surface area contributed by atoms with Gasteiger partial charge in [-0.25, -0.2) is 0 Å². The van der Waals surface area contributed by atoms with Crippen molar-refractivity contribution in [1.29, 1.82) is 0 Å². The van der Waals surface area contributed by atoms with Crippen LogP contribution in [-0.4, -0.2) is 22.9 Å². The molecule has 2 saturated carbocycles. The second-order valence-electron chi connectivity index (χ2n) is 6.65. The molecule has 128 valence electrons. The molecule has 3 rings (SSSR count). The minimum absolute atomic E-state index is 0.0295. The topological polar surface area (TPSA) is 109 Å². The van der Waals surface area contributed by atoms with Crippen LogP contribution in [0.5, 0.6) is 0 Å². The fourth-order valence-electron chi connectivity index (χ4n) is 4.40. The van der Waals surface area contributed by atoms with Crippen LogP contribution in [0.3, 0.4) is 0 Å². The molecule has 0 saturated heterocycles. The van der Waals surface area contributed by atoms with Crippen molar-refractivity contribution in [3.63, 3.8) is 0 Å². The monoisotopic (exact) mass is 348 g/mol. The van der Waals surface area contributed by atoms with E-state index in [9.17, 15) is 19.5 Å². The predicted molar refractivity (Wildman–Crippen MR) is 90.7 cm³/mol. The Hall–Kier alpha value is -2.15. The summed E-state index contributed by atoms with van der Waals surface area (Å²) in [6.07, 6.45) is 1.65. The number of primary amides is 1. The van der Waals surface area contributed by atoms with Gasteiger partial charge in [0.1, 0.15) is 5.00 Å². The highest BCUT2D eigenvalue weighted by atomic mass is 32.1. The van der Waals surface area contributed by atoms with E-state index in [1.807, 2.05) is 13.8 Å². The Kier molecular flexibility index (Phi) is 4.21. The minimum atomic E-state index is -0.928. The van der Waals surface area contributed by atoms with Crippen molar-refractivity contribution in [3.8, 4) is 0 Å². The fourth-order valence-corrected chi connectivity index (χ4v) is 5.20. The second-order valence-corrected chi connectivity index (χ2v) is 7.57. The zero-order chi connectivity index (χ0) is 17.6. The molecule has 6 nitrogen and oxygen atoms in total. The van der Waals surface area contributed by atoms with Gasteiger partial charge in [0.2, 0.25) is 5.91 Å². The quantitative estimate of drug-likeness (QED) is 0.726. The molecule has 2 bridgehead atoms. The number of carbonyl (C=O) groups excluding carboxylic acids is 2. The first-order valence-corrected chi connectivity index (χ1v) is 8.79. The van der Waals surface area contributed by atoms with Crippen LogP contribution in [0, 0.1) is 23.7 Å². The molecule has 1 aromatic heterocycles. The molecule has 0 aliphatic heterocycles. The van der Waals surface area contributed by atoms with Crippen LogP contribution in [0.4, 0.5) is 5.00 Å². The van der Waals surface area contributed by atoms with Gasteiger partial charge in [0, 0.05) is 0 Å². The van der Waals surface area contributed by atoms with Gasteiger partial charge < -0.3 is 16.2 Å². The van der Waals surface area contributed by atoms with Crippen LogP contribution in [0.2, 0.25) is 0 Å². The molecule has 0 unspecified atom stereocenters. The summed E-state index contributed by atoms with van der Waals surface area (Å²) in [7, 11) is 0. The highest BCUT2D eigenvalue weighted by molar-refractivity contribution is 7.14. The Bertz CT molecular complexity index is 748. The van der Waals surface area contributed by atoms with Crippen LogP contribution in [0.1, 0.15) is 37.0 Å². The number of rotatable bonds is 4. The number of carboxylic acids is 1. The van der Waals surface area contributed by atoms with Crippen molar-refractivity contribution in [2.75, 3.05) is 5.32 Å². The minimum Gasteiger partial charge on any atom is -0.481 e. The second kappa shape index (κ2) is 6.05. The first-order valence-electron chi connectivity index (χ1n) is 7.91. The normalized spacial score (nSPS) is 28.0. The summed E-state index contributed by atoms with van der Waals surface area (Å²) in [6, 6.07) is 1.56. The number of nitrogens with one attached hydrogen (secondary N) is 1. The fraction of sp³-hybridized carbons (Fsp3) is 0.471. The molecule has 2 aliphatic rings. The molecule has 1 heterocycles. The van der Waals surface area contributed by atoms with E-state index in [1.54, 1.807) is 11.4 Å².